The number of benzene rings is 1. The molecule has 0 saturated carbocycles. The van der Waals surface area contributed by atoms with Gasteiger partial charge in [-0.25, -0.2) is 0 Å². The first kappa shape index (κ1) is 22.4. The summed E-state index contributed by atoms with van der Waals surface area (Å²) in [5.74, 6) is 1.47. The summed E-state index contributed by atoms with van der Waals surface area (Å²) in [4.78, 5) is 0. The van der Waals surface area contributed by atoms with Crippen molar-refractivity contribution in [1.82, 2.24) is 0 Å². The molecule has 3 heteroatoms. The molecule has 0 aliphatic heterocycles. The third kappa shape index (κ3) is 12.6. The molecule has 124 valence electrons. The predicted molar refractivity (Wildman–Crippen MR) is 94.9 cm³/mol. The molecule has 0 N–H and O–H groups in total. The quantitative estimate of drug-likeness (QED) is 0.622. The van der Waals surface area contributed by atoms with Crippen LogP contribution in [0.2, 0.25) is 5.02 Å². The molecule has 0 unspecified atom stereocenters. The zero-order valence-electron chi connectivity index (χ0n) is 15.0. The van der Waals surface area contributed by atoms with E-state index < -0.39 is 0 Å². The summed E-state index contributed by atoms with van der Waals surface area (Å²) in [5.41, 5.74) is 0.116. The summed E-state index contributed by atoms with van der Waals surface area (Å²) in [6, 6.07) is 5.47. The fraction of sp³-hybridized carbons (Fsp3) is 0.667. The second-order valence-electron chi connectivity index (χ2n) is 5.58. The maximum absolute atomic E-state index is 6.04. The van der Waals surface area contributed by atoms with Crippen LogP contribution >= 0.6 is 11.6 Å². The Labute approximate surface area is 136 Å². The van der Waals surface area contributed by atoms with Crippen molar-refractivity contribution in [3.05, 3.63) is 23.2 Å². The van der Waals surface area contributed by atoms with Gasteiger partial charge in [-0.1, -0.05) is 66.5 Å². The van der Waals surface area contributed by atoms with Gasteiger partial charge in [-0.3, -0.25) is 0 Å². The highest BCUT2D eigenvalue weighted by Gasteiger charge is 2.12. The molecule has 0 heterocycles. The lowest BCUT2D eigenvalue weighted by Gasteiger charge is -2.19. The molecule has 1 aromatic rings. The third-order valence-electron chi connectivity index (χ3n) is 1.87. The lowest BCUT2D eigenvalue weighted by Crippen LogP contribution is -2.17. The zero-order valence-corrected chi connectivity index (χ0v) is 15.8. The Bertz CT molecular complexity index is 357. The second kappa shape index (κ2) is 12.8. The summed E-state index contributed by atoms with van der Waals surface area (Å²) in [7, 11) is 0. The van der Waals surface area contributed by atoms with Crippen LogP contribution in [-0.4, -0.2) is 13.2 Å². The topological polar surface area (TPSA) is 18.5 Å². The van der Waals surface area contributed by atoms with E-state index in [1.54, 1.807) is 6.07 Å². The van der Waals surface area contributed by atoms with Gasteiger partial charge < -0.3 is 9.47 Å². The summed E-state index contributed by atoms with van der Waals surface area (Å²) in [5, 5.41) is 0.618. The van der Waals surface area contributed by atoms with E-state index in [0.717, 1.165) is 5.75 Å². The van der Waals surface area contributed by atoms with Gasteiger partial charge in [0.1, 0.15) is 11.5 Å². The zero-order chi connectivity index (χ0) is 16.9. The number of hydrogen-bond donors (Lipinski definition) is 0. The highest BCUT2D eigenvalue weighted by atomic mass is 35.5. The maximum atomic E-state index is 6.04. The van der Waals surface area contributed by atoms with Crippen molar-refractivity contribution in [3.63, 3.8) is 0 Å². The maximum Gasteiger partial charge on any atom is 0.141 e. The van der Waals surface area contributed by atoms with Gasteiger partial charge in [0.2, 0.25) is 0 Å². The van der Waals surface area contributed by atoms with Crippen LogP contribution < -0.4 is 9.47 Å². The van der Waals surface area contributed by atoms with E-state index in [-0.39, 0.29) is 5.41 Å². The molecule has 0 spiro atoms. The van der Waals surface area contributed by atoms with E-state index in [1.807, 2.05) is 32.9 Å². The summed E-state index contributed by atoms with van der Waals surface area (Å²) < 4.78 is 11.1. The largest absolute Gasteiger partial charge is 0.494 e. The monoisotopic (exact) mass is 316 g/mol. The van der Waals surface area contributed by atoms with Gasteiger partial charge in [0.15, 0.2) is 0 Å². The van der Waals surface area contributed by atoms with Gasteiger partial charge in [-0.2, -0.15) is 0 Å². The van der Waals surface area contributed by atoms with Crippen molar-refractivity contribution < 1.29 is 9.47 Å². The lowest BCUT2D eigenvalue weighted by atomic mass is 9.99. The van der Waals surface area contributed by atoms with Crippen molar-refractivity contribution in [2.75, 3.05) is 13.2 Å². The number of hydrogen-bond acceptors (Lipinski definition) is 2. The van der Waals surface area contributed by atoms with Crippen molar-refractivity contribution in [3.8, 4) is 11.5 Å². The molecule has 0 aliphatic carbocycles. The van der Waals surface area contributed by atoms with Crippen LogP contribution in [0.5, 0.6) is 11.5 Å². The van der Waals surface area contributed by atoms with E-state index in [4.69, 9.17) is 21.1 Å². The van der Waals surface area contributed by atoms with Crippen LogP contribution in [0.15, 0.2) is 18.2 Å². The molecular weight excluding hydrogens is 284 g/mol. The Kier molecular flexibility index (Phi) is 13.7. The minimum absolute atomic E-state index is 0.116. The van der Waals surface area contributed by atoms with E-state index in [1.165, 1.54) is 6.42 Å². The van der Waals surface area contributed by atoms with E-state index in [9.17, 15) is 0 Å². The van der Waals surface area contributed by atoms with Gasteiger partial charge in [0.25, 0.3) is 0 Å². The predicted octanol–water partition coefficient (Wildman–Crippen LogP) is 6.61. The molecule has 0 radical (unpaired) electrons. The molecule has 1 rings (SSSR count). The molecule has 0 atom stereocenters. The third-order valence-corrected chi connectivity index (χ3v) is 2.19. The SMILES string of the molecule is CC.CCC.CCOc1ccc(Cl)c(OCC(C)(C)C)c1. The van der Waals surface area contributed by atoms with E-state index >= 15 is 0 Å². The first-order valence-corrected chi connectivity index (χ1v) is 8.27. The summed E-state index contributed by atoms with van der Waals surface area (Å²) in [6.45, 7) is 17.8. The summed E-state index contributed by atoms with van der Waals surface area (Å²) in [6.07, 6.45) is 1.25. The van der Waals surface area contributed by atoms with E-state index in [0.29, 0.717) is 24.0 Å². The smallest absolute Gasteiger partial charge is 0.141 e. The molecule has 21 heavy (non-hydrogen) atoms. The molecule has 0 saturated heterocycles. The lowest BCUT2D eigenvalue weighted by molar-refractivity contribution is 0.197. The fourth-order valence-electron chi connectivity index (χ4n) is 1.15. The van der Waals surface area contributed by atoms with Crippen LogP contribution in [0.25, 0.3) is 0 Å². The van der Waals surface area contributed by atoms with Crippen molar-refractivity contribution in [1.29, 1.82) is 0 Å². The standard InChI is InChI=1S/C13H19ClO2.C3H8.C2H6/c1-5-15-10-6-7-11(14)12(8-10)16-9-13(2,3)4;1-3-2;1-2/h6-8H,5,9H2,1-4H3;3H2,1-2H3;1-2H3. The average molecular weight is 317 g/mol. The molecule has 0 fully saturated rings. The minimum Gasteiger partial charge on any atom is -0.494 e. The minimum atomic E-state index is 0.116. The van der Waals surface area contributed by atoms with Crippen molar-refractivity contribution in [2.45, 2.75) is 61.8 Å². The fourth-order valence-corrected chi connectivity index (χ4v) is 1.32. The molecule has 0 amide bonds. The van der Waals surface area contributed by atoms with Crippen LogP contribution in [0, 0.1) is 5.41 Å². The average Bonchev–Trinajstić information content (AvgIpc) is 2.42. The number of ether oxygens (including phenoxy) is 2. The Morgan fingerprint density at radius 1 is 1.00 bits per heavy atom. The van der Waals surface area contributed by atoms with Gasteiger partial charge in [-0.15, -0.1) is 0 Å². The van der Waals surface area contributed by atoms with Crippen LogP contribution in [0.3, 0.4) is 0 Å². The molecule has 0 bridgehead atoms. The Hall–Kier alpha value is -0.890. The second-order valence-corrected chi connectivity index (χ2v) is 5.99. The Balaban J connectivity index is 0. The van der Waals surface area contributed by atoms with Gasteiger partial charge in [0, 0.05) is 6.07 Å². The number of rotatable bonds is 4. The van der Waals surface area contributed by atoms with Gasteiger partial charge in [-0.05, 0) is 24.5 Å². The molecular formula is C18H33ClO2. The van der Waals surface area contributed by atoms with Crippen LogP contribution in [-0.2, 0) is 0 Å². The molecule has 2 nitrogen and oxygen atoms in total. The number of halogens is 1. The molecule has 0 aromatic heterocycles. The Morgan fingerprint density at radius 2 is 1.52 bits per heavy atom. The Morgan fingerprint density at radius 3 is 1.95 bits per heavy atom. The highest BCUT2D eigenvalue weighted by Crippen LogP contribution is 2.30. The van der Waals surface area contributed by atoms with Gasteiger partial charge in [0.05, 0.1) is 18.2 Å². The van der Waals surface area contributed by atoms with Gasteiger partial charge >= 0.3 is 0 Å². The van der Waals surface area contributed by atoms with Crippen molar-refractivity contribution in [2.24, 2.45) is 5.41 Å². The highest BCUT2D eigenvalue weighted by molar-refractivity contribution is 6.32. The molecule has 1 aromatic carbocycles. The summed E-state index contributed by atoms with van der Waals surface area (Å²) >= 11 is 6.04. The molecule has 0 aliphatic rings. The van der Waals surface area contributed by atoms with Crippen LogP contribution in [0.1, 0.15) is 61.8 Å². The van der Waals surface area contributed by atoms with Crippen LogP contribution in [0.4, 0.5) is 0 Å². The normalized spacial score (nSPS) is 9.76. The van der Waals surface area contributed by atoms with Crippen molar-refractivity contribution >= 4 is 11.6 Å². The first-order valence-electron chi connectivity index (χ1n) is 7.89. The van der Waals surface area contributed by atoms with E-state index in [2.05, 4.69) is 34.6 Å². The first-order chi connectivity index (χ1) is 9.84.